The third-order valence-corrected chi connectivity index (χ3v) is 6.18. The van der Waals surface area contributed by atoms with Gasteiger partial charge in [0.1, 0.15) is 5.82 Å². The van der Waals surface area contributed by atoms with Crippen LogP contribution in [0.25, 0.3) is 10.9 Å². The van der Waals surface area contributed by atoms with Gasteiger partial charge in [-0.3, -0.25) is 0 Å². The SMILES string of the molecule is Cc1ccc(S(=O)(=O)NC(c2ccc(F)cc2)c2c[nH]c3ccccc23)cc1. The first-order valence-corrected chi connectivity index (χ1v) is 10.3. The third kappa shape index (κ3) is 3.56. The van der Waals surface area contributed by atoms with E-state index in [4.69, 9.17) is 0 Å². The van der Waals surface area contributed by atoms with Gasteiger partial charge >= 0.3 is 0 Å². The summed E-state index contributed by atoms with van der Waals surface area (Å²) in [6, 6.07) is 19.5. The molecular formula is C22H19FN2O2S. The number of aromatic amines is 1. The molecule has 28 heavy (non-hydrogen) atoms. The standard InChI is InChI=1S/C22H19FN2O2S/c1-15-6-12-18(13-7-15)28(26,27)25-22(16-8-10-17(23)11-9-16)20-14-24-21-5-3-2-4-19(20)21/h2-14,22,24-25H,1H3. The molecule has 142 valence electrons. The fourth-order valence-electron chi connectivity index (χ4n) is 3.24. The van der Waals surface area contributed by atoms with Crippen molar-refractivity contribution in [3.8, 4) is 0 Å². The Balaban J connectivity index is 1.81. The Morgan fingerprint density at radius 1 is 0.929 bits per heavy atom. The Morgan fingerprint density at radius 3 is 2.32 bits per heavy atom. The van der Waals surface area contributed by atoms with Crippen LogP contribution in [0, 0.1) is 12.7 Å². The summed E-state index contributed by atoms with van der Waals surface area (Å²) in [6.45, 7) is 1.90. The summed E-state index contributed by atoms with van der Waals surface area (Å²) in [5, 5.41) is 0.906. The van der Waals surface area contributed by atoms with Gasteiger partial charge in [-0.05, 0) is 48.4 Å². The van der Waals surface area contributed by atoms with Crippen LogP contribution < -0.4 is 4.72 Å². The second-order valence-corrected chi connectivity index (χ2v) is 8.42. The number of nitrogens with one attached hydrogen (secondary N) is 2. The fraction of sp³-hybridized carbons (Fsp3) is 0.0909. The van der Waals surface area contributed by atoms with E-state index in [0.717, 1.165) is 22.0 Å². The molecule has 0 saturated heterocycles. The lowest BCUT2D eigenvalue weighted by Crippen LogP contribution is -2.29. The molecule has 1 unspecified atom stereocenters. The maximum atomic E-state index is 13.4. The molecule has 4 nitrogen and oxygen atoms in total. The number of hydrogen-bond donors (Lipinski definition) is 2. The van der Waals surface area contributed by atoms with E-state index in [2.05, 4.69) is 9.71 Å². The molecule has 0 aliphatic carbocycles. The average molecular weight is 394 g/mol. The van der Waals surface area contributed by atoms with Crippen molar-refractivity contribution in [2.75, 3.05) is 0 Å². The monoisotopic (exact) mass is 394 g/mol. The van der Waals surface area contributed by atoms with Crippen molar-refractivity contribution in [2.24, 2.45) is 0 Å². The number of hydrogen-bond acceptors (Lipinski definition) is 2. The Bertz CT molecular complexity index is 1210. The Hall–Kier alpha value is -2.96. The minimum Gasteiger partial charge on any atom is -0.361 e. The van der Waals surface area contributed by atoms with E-state index >= 15 is 0 Å². The van der Waals surface area contributed by atoms with Crippen LogP contribution in [0.5, 0.6) is 0 Å². The number of aryl methyl sites for hydroxylation is 1. The second kappa shape index (κ2) is 7.22. The number of sulfonamides is 1. The van der Waals surface area contributed by atoms with E-state index in [1.165, 1.54) is 12.1 Å². The molecule has 6 heteroatoms. The molecule has 1 atom stereocenters. The maximum Gasteiger partial charge on any atom is 0.241 e. The molecule has 1 heterocycles. The lowest BCUT2D eigenvalue weighted by Gasteiger charge is -2.19. The third-order valence-electron chi connectivity index (χ3n) is 4.74. The summed E-state index contributed by atoms with van der Waals surface area (Å²) in [5.74, 6) is -0.372. The molecule has 0 saturated carbocycles. The molecule has 0 amide bonds. The minimum atomic E-state index is -3.79. The van der Waals surface area contributed by atoms with Crippen LogP contribution in [-0.4, -0.2) is 13.4 Å². The van der Waals surface area contributed by atoms with E-state index < -0.39 is 16.1 Å². The molecule has 4 aromatic rings. The summed E-state index contributed by atoms with van der Waals surface area (Å²) >= 11 is 0. The van der Waals surface area contributed by atoms with Gasteiger partial charge in [0.2, 0.25) is 10.0 Å². The van der Waals surface area contributed by atoms with Crippen LogP contribution in [0.4, 0.5) is 4.39 Å². The average Bonchev–Trinajstić information content (AvgIpc) is 3.11. The van der Waals surface area contributed by atoms with Crippen molar-refractivity contribution >= 4 is 20.9 Å². The molecule has 0 spiro atoms. The number of fused-ring (bicyclic) bond motifs is 1. The molecule has 0 radical (unpaired) electrons. The molecule has 0 fully saturated rings. The van der Waals surface area contributed by atoms with Crippen LogP contribution in [-0.2, 0) is 10.0 Å². The maximum absolute atomic E-state index is 13.4. The molecule has 1 aromatic heterocycles. The van der Waals surface area contributed by atoms with Crippen molar-refractivity contribution < 1.29 is 12.8 Å². The number of rotatable bonds is 5. The number of benzene rings is 3. The lowest BCUT2D eigenvalue weighted by atomic mass is 9.99. The van der Waals surface area contributed by atoms with Crippen LogP contribution in [0.15, 0.2) is 83.9 Å². The van der Waals surface area contributed by atoms with Gasteiger partial charge in [-0.2, -0.15) is 4.72 Å². The summed E-state index contributed by atoms with van der Waals surface area (Å²) in [4.78, 5) is 3.36. The molecule has 3 aromatic carbocycles. The molecule has 0 bridgehead atoms. The van der Waals surface area contributed by atoms with Gasteiger partial charge in [0.05, 0.1) is 10.9 Å². The van der Waals surface area contributed by atoms with Gasteiger partial charge in [-0.25, -0.2) is 12.8 Å². The van der Waals surface area contributed by atoms with E-state index in [9.17, 15) is 12.8 Å². The molecule has 0 aliphatic rings. The fourth-order valence-corrected chi connectivity index (χ4v) is 4.44. The summed E-state index contributed by atoms with van der Waals surface area (Å²) in [5.41, 5.74) is 3.31. The summed E-state index contributed by atoms with van der Waals surface area (Å²) in [7, 11) is -3.79. The number of halogens is 1. The molecule has 4 rings (SSSR count). The van der Waals surface area contributed by atoms with Gasteiger partial charge in [-0.1, -0.05) is 48.0 Å². The first kappa shape index (κ1) is 18.4. The molecular weight excluding hydrogens is 375 g/mol. The van der Waals surface area contributed by atoms with Crippen molar-refractivity contribution in [1.29, 1.82) is 0 Å². The van der Waals surface area contributed by atoms with Gasteiger partial charge in [-0.15, -0.1) is 0 Å². The predicted molar refractivity (Wildman–Crippen MR) is 108 cm³/mol. The van der Waals surface area contributed by atoms with Crippen molar-refractivity contribution in [2.45, 2.75) is 17.9 Å². The zero-order valence-electron chi connectivity index (χ0n) is 15.2. The van der Waals surface area contributed by atoms with Crippen LogP contribution in [0.1, 0.15) is 22.7 Å². The van der Waals surface area contributed by atoms with Crippen LogP contribution in [0.2, 0.25) is 0 Å². The minimum absolute atomic E-state index is 0.185. The number of para-hydroxylation sites is 1. The Morgan fingerprint density at radius 2 is 1.61 bits per heavy atom. The number of H-pyrrole nitrogens is 1. The number of aromatic nitrogens is 1. The van der Waals surface area contributed by atoms with Crippen molar-refractivity contribution in [3.63, 3.8) is 0 Å². The van der Waals surface area contributed by atoms with E-state index in [1.807, 2.05) is 31.2 Å². The highest BCUT2D eigenvalue weighted by Gasteiger charge is 2.25. The van der Waals surface area contributed by atoms with E-state index in [0.29, 0.717) is 5.56 Å². The zero-order valence-corrected chi connectivity index (χ0v) is 16.0. The predicted octanol–water partition coefficient (Wildman–Crippen LogP) is 4.68. The van der Waals surface area contributed by atoms with Gasteiger partial charge in [0.15, 0.2) is 0 Å². The normalized spacial score (nSPS) is 12.9. The highest BCUT2D eigenvalue weighted by Crippen LogP contribution is 2.30. The lowest BCUT2D eigenvalue weighted by molar-refractivity contribution is 0.572. The second-order valence-electron chi connectivity index (χ2n) is 6.71. The van der Waals surface area contributed by atoms with Gasteiger partial charge < -0.3 is 4.98 Å². The largest absolute Gasteiger partial charge is 0.361 e. The smallest absolute Gasteiger partial charge is 0.241 e. The first-order chi connectivity index (χ1) is 13.4. The topological polar surface area (TPSA) is 62.0 Å². The van der Waals surface area contributed by atoms with Crippen LogP contribution >= 0.6 is 0 Å². The van der Waals surface area contributed by atoms with Gasteiger partial charge in [0.25, 0.3) is 0 Å². The molecule has 2 N–H and O–H groups in total. The van der Waals surface area contributed by atoms with Gasteiger partial charge in [0, 0.05) is 17.1 Å². The first-order valence-electron chi connectivity index (χ1n) is 8.84. The van der Waals surface area contributed by atoms with E-state index in [-0.39, 0.29) is 10.7 Å². The summed E-state index contributed by atoms with van der Waals surface area (Å²) < 4.78 is 42.3. The highest BCUT2D eigenvalue weighted by atomic mass is 32.2. The van der Waals surface area contributed by atoms with Crippen molar-refractivity contribution in [3.05, 3.63) is 102 Å². The molecule has 0 aliphatic heterocycles. The van der Waals surface area contributed by atoms with Crippen molar-refractivity contribution in [1.82, 2.24) is 9.71 Å². The van der Waals surface area contributed by atoms with E-state index in [1.54, 1.807) is 42.6 Å². The Labute approximate surface area is 163 Å². The summed E-state index contributed by atoms with van der Waals surface area (Å²) in [6.07, 6.45) is 1.79. The Kier molecular flexibility index (Phi) is 4.75. The highest BCUT2D eigenvalue weighted by molar-refractivity contribution is 7.89. The quantitative estimate of drug-likeness (QED) is 0.516. The zero-order chi connectivity index (χ0) is 19.7. The van der Waals surface area contributed by atoms with Crippen LogP contribution in [0.3, 0.4) is 0 Å².